The van der Waals surface area contributed by atoms with Crippen molar-refractivity contribution in [2.75, 3.05) is 5.75 Å². The number of hydrogen-bond donors (Lipinski definition) is 2. The standard InChI is InChI=1S/C34H32ClNOS/c1-2-3-10-29(33(36)21-22-38-23-24-17-19-25(35)20-18-24)28-13-6-9-16-32(28)34(37)30-14-7-4-11-26(30)27-12-5-8-15-31(27)34/h2-4,6-11,13-21,37H,5,12,22-23,36H2,1H3/b3-2?,29-10-,33-21-. The number of thioether (sulfide) groups is 1. The van der Waals surface area contributed by atoms with Gasteiger partial charge in [-0.1, -0.05) is 109 Å². The maximum Gasteiger partial charge on any atom is 0.142 e. The van der Waals surface area contributed by atoms with Gasteiger partial charge in [0.2, 0.25) is 0 Å². The number of fused-ring (bicyclic) bond motifs is 2. The van der Waals surface area contributed by atoms with Crippen molar-refractivity contribution >= 4 is 34.5 Å². The predicted octanol–water partition coefficient (Wildman–Crippen LogP) is 8.43. The van der Waals surface area contributed by atoms with Crippen LogP contribution in [0, 0.1) is 0 Å². The second-order valence-electron chi connectivity index (χ2n) is 9.54. The van der Waals surface area contributed by atoms with Gasteiger partial charge >= 0.3 is 0 Å². The van der Waals surface area contributed by atoms with Gasteiger partial charge < -0.3 is 10.8 Å². The average molecular weight is 538 g/mol. The van der Waals surface area contributed by atoms with Crippen LogP contribution in [0.15, 0.2) is 121 Å². The summed E-state index contributed by atoms with van der Waals surface area (Å²) in [7, 11) is 0. The Morgan fingerprint density at radius 1 is 1.03 bits per heavy atom. The number of rotatable bonds is 8. The van der Waals surface area contributed by atoms with E-state index in [1.54, 1.807) is 11.8 Å². The molecule has 3 N–H and O–H groups in total. The first-order valence-corrected chi connectivity index (χ1v) is 14.5. The molecule has 192 valence electrons. The molecule has 0 fully saturated rings. The fourth-order valence-electron chi connectivity index (χ4n) is 5.36. The monoisotopic (exact) mass is 537 g/mol. The van der Waals surface area contributed by atoms with Crippen LogP contribution in [0.4, 0.5) is 0 Å². The Balaban J connectivity index is 1.51. The first-order valence-electron chi connectivity index (χ1n) is 13.0. The summed E-state index contributed by atoms with van der Waals surface area (Å²) < 4.78 is 0. The minimum atomic E-state index is -1.24. The third-order valence-electron chi connectivity index (χ3n) is 7.18. The second-order valence-corrected chi connectivity index (χ2v) is 11.0. The van der Waals surface area contributed by atoms with Gasteiger partial charge in [-0.05, 0) is 59.7 Å². The average Bonchev–Trinajstić information content (AvgIpc) is 3.22. The highest BCUT2D eigenvalue weighted by molar-refractivity contribution is 7.98. The van der Waals surface area contributed by atoms with Crippen molar-refractivity contribution in [3.8, 4) is 0 Å². The number of nitrogens with two attached hydrogens (primary N) is 1. The quantitative estimate of drug-likeness (QED) is 0.224. The van der Waals surface area contributed by atoms with Crippen LogP contribution in [0.25, 0.3) is 11.1 Å². The van der Waals surface area contributed by atoms with Crippen LogP contribution >= 0.6 is 23.4 Å². The molecule has 0 radical (unpaired) electrons. The van der Waals surface area contributed by atoms with Crippen LogP contribution in [0.5, 0.6) is 0 Å². The van der Waals surface area contributed by atoms with Gasteiger partial charge in [-0.25, -0.2) is 0 Å². The predicted molar refractivity (Wildman–Crippen MR) is 164 cm³/mol. The summed E-state index contributed by atoms with van der Waals surface area (Å²) in [5.41, 5.74) is 14.4. The minimum absolute atomic E-state index is 0.697. The molecule has 0 aromatic heterocycles. The molecule has 38 heavy (non-hydrogen) atoms. The van der Waals surface area contributed by atoms with Crippen LogP contribution in [0.3, 0.4) is 0 Å². The smallest absolute Gasteiger partial charge is 0.142 e. The molecule has 1 atom stereocenters. The van der Waals surface area contributed by atoms with Gasteiger partial charge in [0.25, 0.3) is 0 Å². The summed E-state index contributed by atoms with van der Waals surface area (Å²) in [5.74, 6) is 1.65. The van der Waals surface area contributed by atoms with Gasteiger partial charge in [0, 0.05) is 38.9 Å². The van der Waals surface area contributed by atoms with Crippen molar-refractivity contribution in [3.05, 3.63) is 153 Å². The fraction of sp³-hybridized carbons (Fsp3) is 0.176. The third kappa shape index (κ3) is 5.07. The highest BCUT2D eigenvalue weighted by Gasteiger charge is 2.45. The lowest BCUT2D eigenvalue weighted by Gasteiger charge is -2.31. The fourth-order valence-corrected chi connectivity index (χ4v) is 6.33. The molecule has 0 saturated heterocycles. The maximum absolute atomic E-state index is 12.6. The Bertz CT molecular complexity index is 1480. The first-order chi connectivity index (χ1) is 18.5. The number of allylic oxidation sites excluding steroid dienone is 6. The summed E-state index contributed by atoms with van der Waals surface area (Å²) in [6, 6.07) is 24.3. The maximum atomic E-state index is 12.6. The molecule has 0 saturated carbocycles. The highest BCUT2D eigenvalue weighted by atomic mass is 35.5. The van der Waals surface area contributed by atoms with Crippen molar-refractivity contribution in [2.45, 2.75) is 31.1 Å². The summed E-state index contributed by atoms with van der Waals surface area (Å²) in [4.78, 5) is 0. The van der Waals surface area contributed by atoms with Gasteiger partial charge in [0.05, 0.1) is 0 Å². The highest BCUT2D eigenvalue weighted by Crippen LogP contribution is 2.53. The van der Waals surface area contributed by atoms with Crippen LogP contribution in [0.1, 0.15) is 47.6 Å². The second kappa shape index (κ2) is 11.7. The largest absolute Gasteiger partial charge is 0.398 e. The number of halogens is 1. The molecule has 0 amide bonds. The van der Waals surface area contributed by atoms with E-state index >= 15 is 0 Å². The van der Waals surface area contributed by atoms with Gasteiger partial charge in [0.15, 0.2) is 0 Å². The Morgan fingerprint density at radius 2 is 1.76 bits per heavy atom. The first kappa shape index (κ1) is 26.4. The van der Waals surface area contributed by atoms with Gasteiger partial charge in [-0.15, -0.1) is 0 Å². The van der Waals surface area contributed by atoms with Crippen molar-refractivity contribution in [1.29, 1.82) is 0 Å². The van der Waals surface area contributed by atoms with Crippen molar-refractivity contribution in [1.82, 2.24) is 0 Å². The lowest BCUT2D eigenvalue weighted by Crippen LogP contribution is -2.29. The van der Waals surface area contributed by atoms with Crippen molar-refractivity contribution in [3.63, 3.8) is 0 Å². The Labute approximate surface area is 234 Å². The molecule has 0 spiro atoms. The zero-order chi connectivity index (χ0) is 26.5. The van der Waals surface area contributed by atoms with E-state index in [2.05, 4.69) is 54.6 Å². The molecule has 2 aliphatic rings. The summed E-state index contributed by atoms with van der Waals surface area (Å²) in [6.07, 6.45) is 14.3. The zero-order valence-electron chi connectivity index (χ0n) is 21.5. The van der Waals surface area contributed by atoms with Crippen LogP contribution in [0.2, 0.25) is 5.02 Å². The van der Waals surface area contributed by atoms with E-state index < -0.39 is 5.60 Å². The number of benzene rings is 3. The van der Waals surface area contributed by atoms with Gasteiger partial charge in [-0.3, -0.25) is 0 Å². The van der Waals surface area contributed by atoms with Crippen LogP contribution in [-0.2, 0) is 11.4 Å². The van der Waals surface area contributed by atoms with E-state index in [-0.39, 0.29) is 0 Å². The van der Waals surface area contributed by atoms with E-state index in [1.807, 2.05) is 61.5 Å². The van der Waals surface area contributed by atoms with E-state index in [0.29, 0.717) is 5.70 Å². The Kier molecular flexibility index (Phi) is 8.09. The summed E-state index contributed by atoms with van der Waals surface area (Å²) in [5, 5.41) is 13.3. The normalized spacial score (nSPS) is 19.2. The molecule has 3 aromatic rings. The van der Waals surface area contributed by atoms with Crippen LogP contribution < -0.4 is 5.73 Å². The third-order valence-corrected chi connectivity index (χ3v) is 8.37. The van der Waals surface area contributed by atoms with E-state index in [0.717, 1.165) is 62.8 Å². The summed E-state index contributed by atoms with van der Waals surface area (Å²) in [6.45, 7) is 1.99. The molecular weight excluding hydrogens is 506 g/mol. The number of hydrogen-bond acceptors (Lipinski definition) is 3. The minimum Gasteiger partial charge on any atom is -0.398 e. The molecule has 2 nitrogen and oxygen atoms in total. The lowest BCUT2D eigenvalue weighted by atomic mass is 9.78. The molecule has 5 rings (SSSR count). The van der Waals surface area contributed by atoms with E-state index in [9.17, 15) is 5.11 Å². The SMILES string of the molecule is CC=C/C=C(\C(N)=C\CSCc1ccc(Cl)cc1)c1ccccc1C1(O)C2=C(CCC=C2)c2ccccc21. The molecule has 0 bridgehead atoms. The topological polar surface area (TPSA) is 46.2 Å². The van der Waals surface area contributed by atoms with Gasteiger partial charge in [-0.2, -0.15) is 11.8 Å². The van der Waals surface area contributed by atoms with Gasteiger partial charge in [0.1, 0.15) is 5.60 Å². The Morgan fingerprint density at radius 3 is 2.55 bits per heavy atom. The lowest BCUT2D eigenvalue weighted by molar-refractivity contribution is 0.128. The van der Waals surface area contributed by atoms with Crippen LogP contribution in [-0.4, -0.2) is 10.9 Å². The Hall–Kier alpha value is -3.24. The molecule has 2 aliphatic carbocycles. The van der Waals surface area contributed by atoms with Crippen molar-refractivity contribution < 1.29 is 5.11 Å². The zero-order valence-corrected chi connectivity index (χ0v) is 23.1. The molecule has 0 heterocycles. The van der Waals surface area contributed by atoms with E-state index in [1.165, 1.54) is 11.1 Å². The summed E-state index contributed by atoms with van der Waals surface area (Å²) >= 11 is 7.82. The molecule has 0 aliphatic heterocycles. The molecule has 1 unspecified atom stereocenters. The molecular formula is C34H32ClNOS. The van der Waals surface area contributed by atoms with E-state index in [4.69, 9.17) is 17.3 Å². The molecule has 3 aromatic carbocycles. The molecule has 4 heteroatoms. The number of aliphatic hydroxyl groups is 1. The van der Waals surface area contributed by atoms with Crippen molar-refractivity contribution in [2.24, 2.45) is 5.73 Å².